The second-order valence-corrected chi connectivity index (χ2v) is 4.12. The van der Waals surface area contributed by atoms with Crippen molar-refractivity contribution in [1.29, 1.82) is 0 Å². The lowest BCUT2D eigenvalue weighted by molar-refractivity contribution is 0.160. The Labute approximate surface area is 98.0 Å². The number of aromatic nitrogens is 2. The van der Waals surface area contributed by atoms with Crippen LogP contribution in [0.15, 0.2) is 12.3 Å². The summed E-state index contributed by atoms with van der Waals surface area (Å²) in [5, 5.41) is 7.66. The van der Waals surface area contributed by atoms with E-state index in [-0.39, 0.29) is 0 Å². The van der Waals surface area contributed by atoms with E-state index in [4.69, 9.17) is 4.74 Å². The van der Waals surface area contributed by atoms with Gasteiger partial charge in [-0.05, 0) is 12.5 Å². The van der Waals surface area contributed by atoms with Gasteiger partial charge in [0.1, 0.15) is 0 Å². The largest absolute Gasteiger partial charge is 0.383 e. The number of unbranched alkanes of at least 4 members (excludes halogenated alkanes) is 1. The monoisotopic (exact) mass is 225 g/mol. The van der Waals surface area contributed by atoms with E-state index >= 15 is 0 Å². The summed E-state index contributed by atoms with van der Waals surface area (Å²) in [5.41, 5.74) is 1.21. The van der Waals surface area contributed by atoms with Gasteiger partial charge < -0.3 is 10.1 Å². The molecule has 0 fully saturated rings. The molecule has 0 saturated carbocycles. The molecule has 0 bridgehead atoms. The molecule has 0 aliphatic rings. The first-order valence-corrected chi connectivity index (χ1v) is 5.97. The van der Waals surface area contributed by atoms with Crippen molar-refractivity contribution < 1.29 is 4.74 Å². The molecule has 4 nitrogen and oxygen atoms in total. The smallest absolute Gasteiger partial charge is 0.0615 e. The second-order valence-electron chi connectivity index (χ2n) is 4.12. The maximum Gasteiger partial charge on any atom is 0.0615 e. The van der Waals surface area contributed by atoms with Crippen molar-refractivity contribution in [1.82, 2.24) is 15.1 Å². The summed E-state index contributed by atoms with van der Waals surface area (Å²) in [7, 11) is 3.72. The summed E-state index contributed by atoms with van der Waals surface area (Å²) in [6.07, 6.45) is 5.47. The quantitative estimate of drug-likeness (QED) is 0.732. The van der Waals surface area contributed by atoms with Crippen LogP contribution in [0.3, 0.4) is 0 Å². The lowest BCUT2D eigenvalue weighted by Crippen LogP contribution is -2.33. The zero-order valence-electron chi connectivity index (χ0n) is 10.6. The molecule has 0 amide bonds. The summed E-state index contributed by atoms with van der Waals surface area (Å²) in [6.45, 7) is 3.84. The summed E-state index contributed by atoms with van der Waals surface area (Å²) >= 11 is 0. The highest BCUT2D eigenvalue weighted by atomic mass is 16.5. The molecule has 0 radical (unpaired) electrons. The fourth-order valence-electron chi connectivity index (χ4n) is 1.72. The normalized spacial score (nSPS) is 12.9. The van der Waals surface area contributed by atoms with Crippen LogP contribution < -0.4 is 5.32 Å². The van der Waals surface area contributed by atoms with Gasteiger partial charge in [-0.15, -0.1) is 0 Å². The Balaban J connectivity index is 2.34. The lowest BCUT2D eigenvalue weighted by atomic mass is 10.1. The molecule has 1 N–H and O–H groups in total. The van der Waals surface area contributed by atoms with Crippen LogP contribution >= 0.6 is 0 Å². The van der Waals surface area contributed by atoms with Crippen LogP contribution in [0.2, 0.25) is 0 Å². The lowest BCUT2D eigenvalue weighted by Gasteiger charge is -2.17. The Hall–Kier alpha value is -0.870. The van der Waals surface area contributed by atoms with E-state index in [2.05, 4.69) is 17.3 Å². The highest BCUT2D eigenvalue weighted by Gasteiger charge is 2.08. The number of nitrogens with one attached hydrogen (secondary N) is 1. The molecule has 92 valence electrons. The van der Waals surface area contributed by atoms with E-state index < -0.39 is 0 Å². The van der Waals surface area contributed by atoms with Gasteiger partial charge in [0.25, 0.3) is 0 Å². The van der Waals surface area contributed by atoms with Crippen molar-refractivity contribution in [3.63, 3.8) is 0 Å². The standard InChI is InChI=1S/C12H23N3O/c1-4-5-6-11(10-16-3)13-9-12-7-8-14-15(12)2/h7-8,11,13H,4-6,9-10H2,1-3H3. The van der Waals surface area contributed by atoms with E-state index in [0.717, 1.165) is 13.2 Å². The minimum atomic E-state index is 0.444. The summed E-state index contributed by atoms with van der Waals surface area (Å²) < 4.78 is 7.12. The first-order valence-electron chi connectivity index (χ1n) is 5.97. The Morgan fingerprint density at radius 2 is 2.38 bits per heavy atom. The van der Waals surface area contributed by atoms with Gasteiger partial charge in [0.05, 0.1) is 12.3 Å². The summed E-state index contributed by atoms with van der Waals surface area (Å²) in [6, 6.07) is 2.48. The maximum atomic E-state index is 5.22. The molecular formula is C12H23N3O. The van der Waals surface area contributed by atoms with Crippen molar-refractivity contribution in [3.8, 4) is 0 Å². The van der Waals surface area contributed by atoms with Crippen molar-refractivity contribution in [2.24, 2.45) is 7.05 Å². The van der Waals surface area contributed by atoms with E-state index in [1.54, 1.807) is 7.11 Å². The minimum absolute atomic E-state index is 0.444. The van der Waals surface area contributed by atoms with Crippen molar-refractivity contribution in [2.45, 2.75) is 38.8 Å². The minimum Gasteiger partial charge on any atom is -0.383 e. The highest BCUT2D eigenvalue weighted by Crippen LogP contribution is 2.03. The molecule has 16 heavy (non-hydrogen) atoms. The zero-order valence-corrected chi connectivity index (χ0v) is 10.6. The predicted octanol–water partition coefficient (Wildman–Crippen LogP) is 1.71. The maximum absolute atomic E-state index is 5.22. The van der Waals surface area contributed by atoms with Gasteiger partial charge in [-0.1, -0.05) is 19.8 Å². The van der Waals surface area contributed by atoms with Crippen molar-refractivity contribution >= 4 is 0 Å². The van der Waals surface area contributed by atoms with Crippen LogP contribution in [0.4, 0.5) is 0 Å². The molecule has 1 unspecified atom stereocenters. The average molecular weight is 225 g/mol. The Kier molecular flexibility index (Phi) is 6.11. The molecule has 0 spiro atoms. The number of methoxy groups -OCH3 is 1. The van der Waals surface area contributed by atoms with Gasteiger partial charge in [-0.3, -0.25) is 4.68 Å². The van der Waals surface area contributed by atoms with Gasteiger partial charge in [0.2, 0.25) is 0 Å². The SMILES string of the molecule is CCCCC(COC)NCc1ccnn1C. The van der Waals surface area contributed by atoms with Crippen molar-refractivity contribution in [2.75, 3.05) is 13.7 Å². The summed E-state index contributed by atoms with van der Waals surface area (Å²) in [4.78, 5) is 0. The number of nitrogens with zero attached hydrogens (tertiary/aromatic N) is 2. The average Bonchev–Trinajstić information content (AvgIpc) is 2.68. The van der Waals surface area contributed by atoms with Gasteiger partial charge in [-0.25, -0.2) is 0 Å². The molecule has 1 heterocycles. The molecule has 4 heteroatoms. The highest BCUT2D eigenvalue weighted by molar-refractivity contribution is 4.99. The molecular weight excluding hydrogens is 202 g/mol. The molecule has 1 aromatic rings. The third-order valence-corrected chi connectivity index (χ3v) is 2.77. The Morgan fingerprint density at radius 3 is 2.94 bits per heavy atom. The molecule has 0 saturated heterocycles. The Morgan fingerprint density at radius 1 is 1.56 bits per heavy atom. The molecule has 0 aliphatic heterocycles. The van der Waals surface area contributed by atoms with E-state index in [1.165, 1.54) is 25.0 Å². The van der Waals surface area contributed by atoms with E-state index in [1.807, 2.05) is 24.0 Å². The van der Waals surface area contributed by atoms with Gasteiger partial charge >= 0.3 is 0 Å². The van der Waals surface area contributed by atoms with Crippen LogP contribution in [-0.2, 0) is 18.3 Å². The summed E-state index contributed by atoms with van der Waals surface area (Å²) in [5.74, 6) is 0. The van der Waals surface area contributed by atoms with Crippen LogP contribution in [0.5, 0.6) is 0 Å². The number of aryl methyl sites for hydroxylation is 1. The first kappa shape index (κ1) is 13.2. The van der Waals surface area contributed by atoms with Crippen LogP contribution in [0.25, 0.3) is 0 Å². The molecule has 1 aromatic heterocycles. The second kappa shape index (κ2) is 7.41. The first-order chi connectivity index (χ1) is 7.77. The van der Waals surface area contributed by atoms with E-state index in [0.29, 0.717) is 6.04 Å². The Bertz CT molecular complexity index is 286. The number of hydrogen-bond donors (Lipinski definition) is 1. The van der Waals surface area contributed by atoms with Crippen LogP contribution in [-0.4, -0.2) is 29.5 Å². The fourth-order valence-corrected chi connectivity index (χ4v) is 1.72. The molecule has 0 aromatic carbocycles. The van der Waals surface area contributed by atoms with Gasteiger partial charge in [0, 0.05) is 32.9 Å². The van der Waals surface area contributed by atoms with E-state index in [9.17, 15) is 0 Å². The van der Waals surface area contributed by atoms with Crippen molar-refractivity contribution in [3.05, 3.63) is 18.0 Å². The number of hydrogen-bond acceptors (Lipinski definition) is 3. The molecule has 1 atom stereocenters. The van der Waals surface area contributed by atoms with Crippen LogP contribution in [0, 0.1) is 0 Å². The third-order valence-electron chi connectivity index (χ3n) is 2.77. The molecule has 0 aliphatic carbocycles. The number of rotatable bonds is 8. The zero-order chi connectivity index (χ0) is 11.8. The van der Waals surface area contributed by atoms with Gasteiger partial charge in [0.15, 0.2) is 0 Å². The fraction of sp³-hybridized carbons (Fsp3) is 0.750. The predicted molar refractivity (Wildman–Crippen MR) is 65.2 cm³/mol. The topological polar surface area (TPSA) is 39.1 Å². The van der Waals surface area contributed by atoms with Crippen LogP contribution in [0.1, 0.15) is 31.9 Å². The number of ether oxygens (including phenoxy) is 1. The molecule has 1 rings (SSSR count). The van der Waals surface area contributed by atoms with Gasteiger partial charge in [-0.2, -0.15) is 5.10 Å². The third kappa shape index (κ3) is 4.33.